The lowest BCUT2D eigenvalue weighted by Gasteiger charge is -2.32. The van der Waals surface area contributed by atoms with Crippen molar-refractivity contribution in [2.24, 2.45) is 4.99 Å². The molecule has 0 radical (unpaired) electrons. The Morgan fingerprint density at radius 2 is 2.07 bits per heavy atom. The van der Waals surface area contributed by atoms with Crippen molar-refractivity contribution in [2.45, 2.75) is 38.8 Å². The summed E-state index contributed by atoms with van der Waals surface area (Å²) in [4.78, 5) is 4.29. The molecular formula is C20H32N4O3S. The number of piperidine rings is 1. The Hall–Kier alpha value is -2.06. The maximum absolute atomic E-state index is 12.2. The molecule has 7 nitrogen and oxygen atoms in total. The van der Waals surface area contributed by atoms with Crippen molar-refractivity contribution in [2.75, 3.05) is 32.5 Å². The summed E-state index contributed by atoms with van der Waals surface area (Å²) in [5, 5.41) is 6.72. The van der Waals surface area contributed by atoms with Gasteiger partial charge in [0.05, 0.1) is 5.75 Å². The summed E-state index contributed by atoms with van der Waals surface area (Å²) in [7, 11) is -1.38. The van der Waals surface area contributed by atoms with E-state index in [1.54, 1.807) is 17.4 Å². The van der Waals surface area contributed by atoms with Crippen LogP contribution in [-0.4, -0.2) is 57.2 Å². The SMILES string of the molecule is C=CCOc1ccccc1CNC(=NC)NC1CCN(S(=O)(=O)CCC)CC1. The molecule has 28 heavy (non-hydrogen) atoms. The summed E-state index contributed by atoms with van der Waals surface area (Å²) in [5.74, 6) is 1.75. The third-order valence-corrected chi connectivity index (χ3v) is 6.73. The number of aliphatic imine (C=N–C) groups is 1. The number of guanidine groups is 1. The quantitative estimate of drug-likeness (QED) is 0.372. The lowest BCUT2D eigenvalue weighted by molar-refractivity contribution is 0.306. The Bertz CT molecular complexity index is 756. The van der Waals surface area contributed by atoms with Crippen molar-refractivity contribution in [1.82, 2.24) is 14.9 Å². The largest absolute Gasteiger partial charge is 0.489 e. The maximum atomic E-state index is 12.2. The fraction of sp³-hybridized carbons (Fsp3) is 0.550. The minimum absolute atomic E-state index is 0.200. The molecule has 0 bridgehead atoms. The molecule has 1 aromatic rings. The molecule has 0 amide bonds. The van der Waals surface area contributed by atoms with Crippen LogP contribution in [0.5, 0.6) is 5.75 Å². The van der Waals surface area contributed by atoms with E-state index in [0.29, 0.717) is 38.6 Å². The summed E-state index contributed by atoms with van der Waals surface area (Å²) in [6, 6.07) is 8.06. The topological polar surface area (TPSA) is 83.0 Å². The molecule has 1 heterocycles. The highest BCUT2D eigenvalue weighted by atomic mass is 32.2. The molecule has 0 saturated carbocycles. The van der Waals surface area contributed by atoms with Gasteiger partial charge in [-0.15, -0.1) is 0 Å². The molecule has 0 aromatic heterocycles. The molecule has 1 fully saturated rings. The van der Waals surface area contributed by atoms with Crippen LogP contribution < -0.4 is 15.4 Å². The van der Waals surface area contributed by atoms with Crippen LogP contribution >= 0.6 is 0 Å². The van der Waals surface area contributed by atoms with Gasteiger partial charge in [0.25, 0.3) is 0 Å². The van der Waals surface area contributed by atoms with Gasteiger partial charge < -0.3 is 15.4 Å². The standard InChI is InChI=1S/C20H32N4O3S/c1-4-14-27-19-9-7-6-8-17(19)16-22-20(21-3)23-18-10-12-24(13-11-18)28(25,26)15-5-2/h4,6-9,18H,1,5,10-16H2,2-3H3,(H2,21,22,23). The predicted octanol–water partition coefficient (Wildman–Crippen LogP) is 2.12. The van der Waals surface area contributed by atoms with Crippen LogP contribution in [0.2, 0.25) is 0 Å². The first-order valence-electron chi connectivity index (χ1n) is 9.76. The molecule has 1 aliphatic rings. The van der Waals surface area contributed by atoms with Crippen molar-refractivity contribution in [3.63, 3.8) is 0 Å². The Labute approximate surface area is 168 Å². The first kappa shape index (κ1) is 22.2. The van der Waals surface area contributed by atoms with Gasteiger partial charge in [0.1, 0.15) is 12.4 Å². The van der Waals surface area contributed by atoms with Gasteiger partial charge in [-0.25, -0.2) is 12.7 Å². The number of nitrogens with zero attached hydrogens (tertiary/aromatic N) is 2. The van der Waals surface area contributed by atoms with Crippen molar-refractivity contribution < 1.29 is 13.2 Å². The van der Waals surface area contributed by atoms with Gasteiger partial charge in [-0.05, 0) is 25.3 Å². The lowest BCUT2D eigenvalue weighted by atomic mass is 10.1. The van der Waals surface area contributed by atoms with Gasteiger partial charge >= 0.3 is 0 Å². The molecule has 0 aliphatic carbocycles. The van der Waals surface area contributed by atoms with Crippen LogP contribution in [0.25, 0.3) is 0 Å². The van der Waals surface area contributed by atoms with Crippen LogP contribution in [0.15, 0.2) is 41.9 Å². The molecule has 1 aromatic carbocycles. The van der Waals surface area contributed by atoms with E-state index in [1.165, 1.54) is 0 Å². The second-order valence-corrected chi connectivity index (χ2v) is 8.86. The second-order valence-electron chi connectivity index (χ2n) is 6.77. The van der Waals surface area contributed by atoms with Gasteiger partial charge in [-0.1, -0.05) is 37.8 Å². The summed E-state index contributed by atoms with van der Waals surface area (Å²) in [6.07, 6.45) is 3.90. The molecule has 0 spiro atoms. The average Bonchev–Trinajstić information content (AvgIpc) is 2.70. The molecule has 1 aliphatic heterocycles. The van der Waals surface area contributed by atoms with Crippen LogP contribution in [-0.2, 0) is 16.6 Å². The molecule has 156 valence electrons. The van der Waals surface area contributed by atoms with E-state index in [4.69, 9.17) is 4.74 Å². The number of benzene rings is 1. The number of rotatable bonds is 9. The zero-order valence-electron chi connectivity index (χ0n) is 16.9. The van der Waals surface area contributed by atoms with E-state index < -0.39 is 10.0 Å². The summed E-state index contributed by atoms with van der Waals surface area (Å²) >= 11 is 0. The highest BCUT2D eigenvalue weighted by molar-refractivity contribution is 7.89. The monoisotopic (exact) mass is 408 g/mol. The van der Waals surface area contributed by atoms with Crippen molar-refractivity contribution >= 4 is 16.0 Å². The normalized spacial score (nSPS) is 16.6. The predicted molar refractivity (Wildman–Crippen MR) is 114 cm³/mol. The Morgan fingerprint density at radius 3 is 2.71 bits per heavy atom. The van der Waals surface area contributed by atoms with Crippen molar-refractivity contribution in [3.8, 4) is 5.75 Å². The van der Waals surface area contributed by atoms with Crippen LogP contribution in [0.3, 0.4) is 0 Å². The zero-order chi connectivity index (χ0) is 20.4. The summed E-state index contributed by atoms with van der Waals surface area (Å²) in [6.45, 7) is 7.71. The molecule has 2 rings (SSSR count). The molecule has 0 unspecified atom stereocenters. The highest BCUT2D eigenvalue weighted by Crippen LogP contribution is 2.18. The Kier molecular flexibility index (Phi) is 8.79. The molecule has 8 heteroatoms. The van der Waals surface area contributed by atoms with Gasteiger partial charge in [-0.2, -0.15) is 0 Å². The number of nitrogens with one attached hydrogen (secondary N) is 2. The van der Waals surface area contributed by atoms with E-state index in [0.717, 1.165) is 24.2 Å². The smallest absolute Gasteiger partial charge is 0.214 e. The summed E-state index contributed by atoms with van der Waals surface area (Å²) in [5.41, 5.74) is 1.03. The minimum Gasteiger partial charge on any atom is -0.489 e. The third kappa shape index (κ3) is 6.53. The lowest BCUT2D eigenvalue weighted by Crippen LogP contribution is -2.49. The van der Waals surface area contributed by atoms with E-state index in [1.807, 2.05) is 31.2 Å². The van der Waals surface area contributed by atoms with Crippen LogP contribution in [0.1, 0.15) is 31.7 Å². The van der Waals surface area contributed by atoms with Crippen molar-refractivity contribution in [1.29, 1.82) is 0 Å². The average molecular weight is 409 g/mol. The van der Waals surface area contributed by atoms with E-state index in [-0.39, 0.29) is 11.8 Å². The first-order valence-corrected chi connectivity index (χ1v) is 11.4. The number of ether oxygens (including phenoxy) is 1. The number of hydrogen-bond donors (Lipinski definition) is 2. The highest BCUT2D eigenvalue weighted by Gasteiger charge is 2.27. The zero-order valence-corrected chi connectivity index (χ0v) is 17.7. The molecule has 0 atom stereocenters. The van der Waals surface area contributed by atoms with E-state index in [2.05, 4.69) is 22.2 Å². The summed E-state index contributed by atoms with van der Waals surface area (Å²) < 4.78 is 31.7. The molecule has 1 saturated heterocycles. The van der Waals surface area contributed by atoms with Gasteiger partial charge in [-0.3, -0.25) is 4.99 Å². The van der Waals surface area contributed by atoms with E-state index in [9.17, 15) is 8.42 Å². The van der Waals surface area contributed by atoms with E-state index >= 15 is 0 Å². The van der Waals surface area contributed by atoms with Crippen molar-refractivity contribution in [3.05, 3.63) is 42.5 Å². The van der Waals surface area contributed by atoms with Crippen LogP contribution in [0, 0.1) is 0 Å². The number of hydrogen-bond acceptors (Lipinski definition) is 4. The first-order chi connectivity index (χ1) is 13.5. The second kappa shape index (κ2) is 11.1. The Morgan fingerprint density at radius 1 is 1.36 bits per heavy atom. The van der Waals surface area contributed by atoms with Gasteiger partial charge in [0.2, 0.25) is 10.0 Å². The fourth-order valence-electron chi connectivity index (χ4n) is 3.17. The van der Waals surface area contributed by atoms with Gasteiger partial charge in [0, 0.05) is 38.3 Å². The maximum Gasteiger partial charge on any atom is 0.214 e. The molecule has 2 N–H and O–H groups in total. The minimum atomic E-state index is -3.11. The molecular weight excluding hydrogens is 376 g/mol. The number of para-hydroxylation sites is 1. The van der Waals surface area contributed by atoms with Crippen LogP contribution in [0.4, 0.5) is 0 Å². The van der Waals surface area contributed by atoms with Gasteiger partial charge in [0.15, 0.2) is 5.96 Å². The third-order valence-electron chi connectivity index (χ3n) is 4.65. The number of sulfonamides is 1. The Balaban J connectivity index is 1.85. The fourth-order valence-corrected chi connectivity index (χ4v) is 4.71.